The lowest BCUT2D eigenvalue weighted by Gasteiger charge is -2.10. The molecule has 25 heavy (non-hydrogen) atoms. The summed E-state index contributed by atoms with van der Waals surface area (Å²) in [5, 5.41) is 3.81. The summed E-state index contributed by atoms with van der Waals surface area (Å²) < 4.78 is 45.1. The van der Waals surface area contributed by atoms with E-state index in [1.54, 1.807) is 31.2 Å². The minimum atomic E-state index is -3.57. The van der Waals surface area contributed by atoms with E-state index in [1.165, 1.54) is 24.3 Å². The van der Waals surface area contributed by atoms with Gasteiger partial charge < -0.3 is 4.52 Å². The molecule has 130 valence electrons. The maximum absolute atomic E-state index is 13.0. The molecule has 0 aliphatic heterocycles. The number of sulfonamides is 1. The van der Waals surface area contributed by atoms with E-state index in [0.29, 0.717) is 11.1 Å². The Kier molecular flexibility index (Phi) is 4.91. The summed E-state index contributed by atoms with van der Waals surface area (Å²) in [6, 6.07) is 13.8. The summed E-state index contributed by atoms with van der Waals surface area (Å²) in [5.74, 6) is -0.105. The molecule has 0 bridgehead atoms. The van der Waals surface area contributed by atoms with Crippen LogP contribution in [0.25, 0.3) is 11.4 Å². The average molecular weight is 361 g/mol. The molecule has 0 saturated carbocycles. The minimum absolute atomic E-state index is 0.135. The standard InChI is InChI=1S/C17H16FN3O3S/c1-12(21-25(22,23)11-13-5-3-2-4-6-13)17-19-16(20-24-17)14-7-9-15(18)10-8-14/h2-10,12,21H,11H2,1H3. The average Bonchev–Trinajstić information content (AvgIpc) is 3.06. The molecular weight excluding hydrogens is 345 g/mol. The zero-order valence-electron chi connectivity index (χ0n) is 13.4. The fourth-order valence-corrected chi connectivity index (χ4v) is 3.64. The highest BCUT2D eigenvalue weighted by Crippen LogP contribution is 2.19. The van der Waals surface area contributed by atoms with E-state index in [9.17, 15) is 12.8 Å². The van der Waals surface area contributed by atoms with Gasteiger partial charge in [-0.25, -0.2) is 17.5 Å². The Morgan fingerprint density at radius 1 is 1.12 bits per heavy atom. The Morgan fingerprint density at radius 3 is 2.48 bits per heavy atom. The number of aromatic nitrogens is 2. The molecule has 2 aromatic carbocycles. The molecule has 1 atom stereocenters. The number of nitrogens with zero attached hydrogens (tertiary/aromatic N) is 2. The van der Waals surface area contributed by atoms with Crippen molar-refractivity contribution < 1.29 is 17.3 Å². The number of hydrogen-bond donors (Lipinski definition) is 1. The van der Waals surface area contributed by atoms with Crippen LogP contribution in [-0.2, 0) is 15.8 Å². The van der Waals surface area contributed by atoms with Crippen molar-refractivity contribution in [1.29, 1.82) is 0 Å². The molecule has 1 aromatic heterocycles. The molecule has 8 heteroatoms. The van der Waals surface area contributed by atoms with Crippen LogP contribution in [0.3, 0.4) is 0 Å². The second kappa shape index (κ2) is 7.12. The van der Waals surface area contributed by atoms with Crippen molar-refractivity contribution in [2.24, 2.45) is 0 Å². The van der Waals surface area contributed by atoms with Crippen LogP contribution in [0, 0.1) is 5.82 Å². The molecule has 3 rings (SSSR count). The monoisotopic (exact) mass is 361 g/mol. The summed E-state index contributed by atoms with van der Waals surface area (Å²) in [6.07, 6.45) is 0. The number of nitrogens with one attached hydrogen (secondary N) is 1. The number of benzene rings is 2. The summed E-state index contributed by atoms with van der Waals surface area (Å²) in [4.78, 5) is 4.17. The maximum atomic E-state index is 13.0. The van der Waals surface area contributed by atoms with E-state index in [-0.39, 0.29) is 23.3 Å². The number of halogens is 1. The van der Waals surface area contributed by atoms with Gasteiger partial charge in [0, 0.05) is 5.56 Å². The SMILES string of the molecule is CC(NS(=O)(=O)Cc1ccccc1)c1nc(-c2ccc(F)cc2)no1. The van der Waals surface area contributed by atoms with E-state index in [1.807, 2.05) is 6.07 Å². The van der Waals surface area contributed by atoms with Crippen LogP contribution in [0.1, 0.15) is 24.4 Å². The van der Waals surface area contributed by atoms with Crippen LogP contribution >= 0.6 is 0 Å². The Morgan fingerprint density at radius 2 is 1.80 bits per heavy atom. The van der Waals surface area contributed by atoms with Crippen LogP contribution in [0.15, 0.2) is 59.1 Å². The fourth-order valence-electron chi connectivity index (χ4n) is 2.28. The fraction of sp³-hybridized carbons (Fsp3) is 0.176. The normalized spacial score (nSPS) is 12.9. The van der Waals surface area contributed by atoms with Crippen LogP contribution in [-0.4, -0.2) is 18.6 Å². The van der Waals surface area contributed by atoms with Gasteiger partial charge >= 0.3 is 0 Å². The molecule has 3 aromatic rings. The molecule has 1 heterocycles. The third-order valence-corrected chi connectivity index (χ3v) is 4.90. The summed E-state index contributed by atoms with van der Waals surface area (Å²) in [6.45, 7) is 1.62. The van der Waals surface area contributed by atoms with Gasteiger partial charge in [0.1, 0.15) is 5.82 Å². The van der Waals surface area contributed by atoms with E-state index in [2.05, 4.69) is 14.9 Å². The van der Waals surface area contributed by atoms with Crippen LogP contribution < -0.4 is 4.72 Å². The molecule has 0 aliphatic carbocycles. The molecule has 0 radical (unpaired) electrons. The Balaban J connectivity index is 1.71. The van der Waals surface area contributed by atoms with Gasteiger partial charge in [0.15, 0.2) is 0 Å². The number of hydrogen-bond acceptors (Lipinski definition) is 5. The van der Waals surface area contributed by atoms with Gasteiger partial charge in [0.05, 0.1) is 11.8 Å². The first-order chi connectivity index (χ1) is 11.9. The largest absolute Gasteiger partial charge is 0.337 e. The van der Waals surface area contributed by atoms with Crippen molar-refractivity contribution in [2.75, 3.05) is 0 Å². The number of rotatable bonds is 6. The molecule has 1 N–H and O–H groups in total. The lowest BCUT2D eigenvalue weighted by molar-refractivity contribution is 0.353. The van der Waals surface area contributed by atoms with E-state index in [0.717, 1.165) is 0 Å². The molecule has 0 spiro atoms. The third-order valence-electron chi connectivity index (χ3n) is 3.47. The van der Waals surface area contributed by atoms with Crippen molar-refractivity contribution in [3.63, 3.8) is 0 Å². The van der Waals surface area contributed by atoms with Gasteiger partial charge in [0.25, 0.3) is 0 Å². The van der Waals surface area contributed by atoms with Crippen LogP contribution in [0.5, 0.6) is 0 Å². The van der Waals surface area contributed by atoms with E-state index < -0.39 is 16.1 Å². The predicted molar refractivity (Wildman–Crippen MR) is 90.3 cm³/mol. The van der Waals surface area contributed by atoms with Gasteiger partial charge in [-0.05, 0) is 36.8 Å². The second-order valence-corrected chi connectivity index (χ2v) is 7.30. The molecule has 0 saturated heterocycles. The third kappa shape index (κ3) is 4.49. The summed E-state index contributed by atoms with van der Waals surface area (Å²) in [7, 11) is -3.57. The van der Waals surface area contributed by atoms with Crippen molar-refractivity contribution in [3.8, 4) is 11.4 Å². The first-order valence-corrected chi connectivity index (χ1v) is 9.22. The zero-order valence-corrected chi connectivity index (χ0v) is 14.2. The first-order valence-electron chi connectivity index (χ1n) is 7.56. The van der Waals surface area contributed by atoms with Gasteiger partial charge in [-0.2, -0.15) is 4.98 Å². The van der Waals surface area contributed by atoms with Gasteiger partial charge in [-0.3, -0.25) is 0 Å². The topological polar surface area (TPSA) is 85.1 Å². The second-order valence-electron chi connectivity index (χ2n) is 5.55. The highest BCUT2D eigenvalue weighted by molar-refractivity contribution is 7.88. The van der Waals surface area contributed by atoms with Crippen molar-refractivity contribution in [1.82, 2.24) is 14.9 Å². The first kappa shape index (κ1) is 17.2. The Labute approximate surface area is 144 Å². The van der Waals surface area contributed by atoms with Gasteiger partial charge in [-0.15, -0.1) is 0 Å². The summed E-state index contributed by atoms with van der Waals surface area (Å²) >= 11 is 0. The Hall–Kier alpha value is -2.58. The van der Waals surface area contributed by atoms with E-state index in [4.69, 9.17) is 4.52 Å². The lowest BCUT2D eigenvalue weighted by Crippen LogP contribution is -2.28. The van der Waals surface area contributed by atoms with Crippen molar-refractivity contribution in [3.05, 3.63) is 71.9 Å². The minimum Gasteiger partial charge on any atom is -0.337 e. The smallest absolute Gasteiger partial charge is 0.244 e. The molecule has 0 amide bonds. The van der Waals surface area contributed by atoms with Gasteiger partial charge in [-0.1, -0.05) is 35.5 Å². The lowest BCUT2D eigenvalue weighted by atomic mass is 10.2. The molecule has 1 unspecified atom stereocenters. The van der Waals surface area contributed by atoms with Crippen LogP contribution in [0.2, 0.25) is 0 Å². The quantitative estimate of drug-likeness (QED) is 0.729. The molecular formula is C17H16FN3O3S. The van der Waals surface area contributed by atoms with E-state index >= 15 is 0 Å². The highest BCUT2D eigenvalue weighted by Gasteiger charge is 2.21. The Bertz CT molecular complexity index is 941. The predicted octanol–water partition coefficient (Wildman–Crippen LogP) is 3.06. The maximum Gasteiger partial charge on any atom is 0.244 e. The van der Waals surface area contributed by atoms with Gasteiger partial charge in [0.2, 0.25) is 21.7 Å². The molecule has 0 fully saturated rings. The summed E-state index contributed by atoms with van der Waals surface area (Å²) in [5.41, 5.74) is 1.26. The van der Waals surface area contributed by atoms with Crippen LogP contribution in [0.4, 0.5) is 4.39 Å². The molecule has 6 nitrogen and oxygen atoms in total. The molecule has 0 aliphatic rings. The van der Waals surface area contributed by atoms with Crippen molar-refractivity contribution in [2.45, 2.75) is 18.7 Å². The zero-order chi connectivity index (χ0) is 17.9. The van der Waals surface area contributed by atoms with Crippen molar-refractivity contribution >= 4 is 10.0 Å². The highest BCUT2D eigenvalue weighted by atomic mass is 32.2.